The molecule has 2 saturated carbocycles. The molecule has 0 spiro atoms. The Hall–Kier alpha value is -0.570. The van der Waals surface area contributed by atoms with E-state index in [1.807, 2.05) is 6.92 Å². The highest BCUT2D eigenvalue weighted by Gasteiger charge is 2.30. The van der Waals surface area contributed by atoms with Crippen molar-refractivity contribution in [2.24, 2.45) is 0 Å². The summed E-state index contributed by atoms with van der Waals surface area (Å²) >= 11 is 0. The third-order valence-electron chi connectivity index (χ3n) is 4.07. The largest absolute Gasteiger partial charge is 0.339 e. The summed E-state index contributed by atoms with van der Waals surface area (Å²) < 4.78 is 0. The predicted octanol–water partition coefficient (Wildman–Crippen LogP) is 2.31. The molecule has 2 rings (SSSR count). The first kappa shape index (κ1) is 12.9. The number of hydrogen-bond acceptors (Lipinski definition) is 2. The van der Waals surface area contributed by atoms with Crippen molar-refractivity contribution in [3.63, 3.8) is 0 Å². The van der Waals surface area contributed by atoms with Crippen molar-refractivity contribution in [2.45, 2.75) is 76.9 Å². The number of nitrogens with zero attached hydrogens (tertiary/aromatic N) is 1. The second-order valence-electron chi connectivity index (χ2n) is 5.58. The summed E-state index contributed by atoms with van der Waals surface area (Å²) in [6, 6.07) is 1.12. The number of amides is 1. The molecule has 0 aromatic heterocycles. The monoisotopic (exact) mass is 238 g/mol. The zero-order valence-corrected chi connectivity index (χ0v) is 11.2. The summed E-state index contributed by atoms with van der Waals surface area (Å²) in [7, 11) is 0. The molecule has 0 bridgehead atoms. The normalized spacial score (nSPS) is 23.4. The van der Waals surface area contributed by atoms with Gasteiger partial charge in [0.1, 0.15) is 0 Å². The number of carbonyl (C=O) groups excluding carboxylic acids is 1. The summed E-state index contributed by atoms with van der Waals surface area (Å²) in [6.45, 7) is 4.99. The van der Waals surface area contributed by atoms with Crippen molar-refractivity contribution in [1.82, 2.24) is 10.2 Å². The summed E-state index contributed by atoms with van der Waals surface area (Å²) in [5.74, 6) is 0.311. The highest BCUT2D eigenvalue weighted by atomic mass is 16.2. The molecule has 0 aromatic carbocycles. The lowest BCUT2D eigenvalue weighted by Crippen LogP contribution is -2.50. The molecular weight excluding hydrogens is 212 g/mol. The van der Waals surface area contributed by atoms with E-state index in [-0.39, 0.29) is 6.04 Å². The standard InChI is InChI=1S/C14H26N2O/c1-3-16(13-7-5-4-6-8-13)14(17)11(2)15-12-9-10-12/h11-13,15H,3-10H2,1-2H3. The van der Waals surface area contributed by atoms with Crippen molar-refractivity contribution in [1.29, 1.82) is 0 Å². The Morgan fingerprint density at radius 1 is 1.24 bits per heavy atom. The van der Waals surface area contributed by atoms with Crippen molar-refractivity contribution in [3.05, 3.63) is 0 Å². The van der Waals surface area contributed by atoms with E-state index in [2.05, 4.69) is 17.1 Å². The Morgan fingerprint density at radius 3 is 2.41 bits per heavy atom. The number of rotatable bonds is 5. The van der Waals surface area contributed by atoms with Crippen LogP contribution in [0.1, 0.15) is 58.8 Å². The van der Waals surface area contributed by atoms with Crippen LogP contribution in [0.3, 0.4) is 0 Å². The number of nitrogens with one attached hydrogen (secondary N) is 1. The lowest BCUT2D eigenvalue weighted by Gasteiger charge is -2.35. The average molecular weight is 238 g/mol. The van der Waals surface area contributed by atoms with E-state index in [0.29, 0.717) is 18.0 Å². The molecule has 2 fully saturated rings. The van der Waals surface area contributed by atoms with Crippen LogP contribution in [-0.4, -0.2) is 35.5 Å². The van der Waals surface area contributed by atoms with Gasteiger partial charge in [0, 0.05) is 18.6 Å². The smallest absolute Gasteiger partial charge is 0.239 e. The van der Waals surface area contributed by atoms with E-state index in [0.717, 1.165) is 6.54 Å². The maximum Gasteiger partial charge on any atom is 0.239 e. The Bertz CT molecular complexity index is 257. The van der Waals surface area contributed by atoms with Gasteiger partial charge in [-0.05, 0) is 39.5 Å². The van der Waals surface area contributed by atoms with Crippen LogP contribution < -0.4 is 5.32 Å². The van der Waals surface area contributed by atoms with Crippen LogP contribution in [0.5, 0.6) is 0 Å². The van der Waals surface area contributed by atoms with Crippen LogP contribution in [0.25, 0.3) is 0 Å². The predicted molar refractivity (Wildman–Crippen MR) is 69.9 cm³/mol. The second kappa shape index (κ2) is 5.85. The Balaban J connectivity index is 1.88. The Labute approximate surface area is 105 Å². The fraction of sp³-hybridized carbons (Fsp3) is 0.929. The van der Waals surface area contributed by atoms with E-state index < -0.39 is 0 Å². The maximum absolute atomic E-state index is 12.4. The molecule has 2 aliphatic carbocycles. The van der Waals surface area contributed by atoms with Gasteiger partial charge in [-0.15, -0.1) is 0 Å². The van der Waals surface area contributed by atoms with Crippen LogP contribution in [0, 0.1) is 0 Å². The Kier molecular flexibility index (Phi) is 4.43. The Morgan fingerprint density at radius 2 is 1.88 bits per heavy atom. The molecular formula is C14H26N2O. The lowest BCUT2D eigenvalue weighted by atomic mass is 9.94. The fourth-order valence-corrected chi connectivity index (χ4v) is 2.91. The third-order valence-corrected chi connectivity index (χ3v) is 4.07. The van der Waals surface area contributed by atoms with Gasteiger partial charge in [0.25, 0.3) is 0 Å². The van der Waals surface area contributed by atoms with Crippen LogP contribution in [0.4, 0.5) is 0 Å². The van der Waals surface area contributed by atoms with Crippen LogP contribution >= 0.6 is 0 Å². The van der Waals surface area contributed by atoms with Gasteiger partial charge in [0.15, 0.2) is 0 Å². The first-order valence-corrected chi connectivity index (χ1v) is 7.29. The first-order chi connectivity index (χ1) is 8.22. The van der Waals surface area contributed by atoms with Crippen molar-refractivity contribution >= 4 is 5.91 Å². The topological polar surface area (TPSA) is 32.3 Å². The van der Waals surface area contributed by atoms with E-state index in [1.165, 1.54) is 44.9 Å². The number of hydrogen-bond donors (Lipinski definition) is 1. The van der Waals surface area contributed by atoms with Gasteiger partial charge in [-0.25, -0.2) is 0 Å². The van der Waals surface area contributed by atoms with Gasteiger partial charge >= 0.3 is 0 Å². The molecule has 0 heterocycles. The molecule has 0 saturated heterocycles. The molecule has 3 heteroatoms. The number of likely N-dealkylation sites (N-methyl/N-ethyl adjacent to an activating group) is 1. The van der Waals surface area contributed by atoms with Crippen LogP contribution in [0.15, 0.2) is 0 Å². The van der Waals surface area contributed by atoms with E-state index in [1.54, 1.807) is 0 Å². The SMILES string of the molecule is CCN(C(=O)C(C)NC1CC1)C1CCCCC1. The molecule has 1 unspecified atom stereocenters. The fourth-order valence-electron chi connectivity index (χ4n) is 2.91. The van der Waals surface area contributed by atoms with Crippen molar-refractivity contribution in [3.8, 4) is 0 Å². The second-order valence-corrected chi connectivity index (χ2v) is 5.58. The van der Waals surface area contributed by atoms with Gasteiger partial charge in [-0.1, -0.05) is 19.3 Å². The van der Waals surface area contributed by atoms with Crippen LogP contribution in [0.2, 0.25) is 0 Å². The van der Waals surface area contributed by atoms with Gasteiger partial charge in [0.2, 0.25) is 5.91 Å². The minimum absolute atomic E-state index is 0.00405. The minimum Gasteiger partial charge on any atom is -0.339 e. The molecule has 98 valence electrons. The molecule has 1 amide bonds. The quantitative estimate of drug-likeness (QED) is 0.797. The van der Waals surface area contributed by atoms with Gasteiger partial charge in [-0.3, -0.25) is 4.79 Å². The van der Waals surface area contributed by atoms with Crippen molar-refractivity contribution in [2.75, 3.05) is 6.54 Å². The summed E-state index contributed by atoms with van der Waals surface area (Å²) in [6.07, 6.45) is 8.82. The van der Waals surface area contributed by atoms with Gasteiger partial charge in [-0.2, -0.15) is 0 Å². The molecule has 0 aliphatic heterocycles. The maximum atomic E-state index is 12.4. The van der Waals surface area contributed by atoms with E-state index >= 15 is 0 Å². The van der Waals surface area contributed by atoms with E-state index in [9.17, 15) is 4.79 Å². The molecule has 0 aromatic rings. The minimum atomic E-state index is 0.00405. The third kappa shape index (κ3) is 3.44. The zero-order chi connectivity index (χ0) is 12.3. The molecule has 3 nitrogen and oxygen atoms in total. The highest BCUT2D eigenvalue weighted by Crippen LogP contribution is 2.24. The average Bonchev–Trinajstić information content (AvgIpc) is 3.15. The highest BCUT2D eigenvalue weighted by molar-refractivity contribution is 5.81. The number of carbonyl (C=O) groups is 1. The van der Waals surface area contributed by atoms with Crippen LogP contribution in [-0.2, 0) is 4.79 Å². The van der Waals surface area contributed by atoms with Crippen molar-refractivity contribution < 1.29 is 4.79 Å². The van der Waals surface area contributed by atoms with Gasteiger partial charge in [0.05, 0.1) is 6.04 Å². The van der Waals surface area contributed by atoms with E-state index in [4.69, 9.17) is 0 Å². The summed E-state index contributed by atoms with van der Waals surface area (Å²) in [5.41, 5.74) is 0. The summed E-state index contributed by atoms with van der Waals surface area (Å²) in [4.78, 5) is 14.5. The van der Waals surface area contributed by atoms with Gasteiger partial charge < -0.3 is 10.2 Å². The zero-order valence-electron chi connectivity index (χ0n) is 11.2. The molecule has 17 heavy (non-hydrogen) atoms. The first-order valence-electron chi connectivity index (χ1n) is 7.29. The molecule has 1 atom stereocenters. The summed E-state index contributed by atoms with van der Waals surface area (Å²) in [5, 5.41) is 3.42. The molecule has 0 radical (unpaired) electrons. The lowest BCUT2D eigenvalue weighted by molar-refractivity contribution is -0.135. The molecule has 1 N–H and O–H groups in total. The molecule has 2 aliphatic rings.